The Kier molecular flexibility index (Phi) is 6.77. The molecule has 6 rings (SSSR count). The fourth-order valence-corrected chi connectivity index (χ4v) is 7.77. The molecule has 11 heteroatoms. The smallest absolute Gasteiger partial charge is 0.335 e. The second-order valence-electron chi connectivity index (χ2n) is 12.8. The Balaban J connectivity index is 1.37. The first kappa shape index (κ1) is 28.3. The number of aliphatic hydroxyl groups is 3. The number of cyclic esters (lactones) is 1. The van der Waals surface area contributed by atoms with Gasteiger partial charge in [-0.25, -0.2) is 9.59 Å². The maximum absolute atomic E-state index is 13.2. The van der Waals surface area contributed by atoms with Crippen LogP contribution >= 0.6 is 0 Å². The predicted octanol–water partition coefficient (Wildman–Crippen LogP) is 0.575. The van der Waals surface area contributed by atoms with Crippen LogP contribution in [0.25, 0.3) is 0 Å². The molecule has 3 saturated heterocycles. The third kappa shape index (κ3) is 3.96. The highest BCUT2D eigenvalue weighted by atomic mass is 16.7. The van der Waals surface area contributed by atoms with Crippen molar-refractivity contribution in [3.05, 3.63) is 24.3 Å². The molecular weight excluding hydrogens is 524 g/mol. The number of hydrogen-bond acceptors (Lipinski definition) is 11. The van der Waals surface area contributed by atoms with E-state index in [9.17, 15) is 24.9 Å². The maximum Gasteiger partial charge on any atom is 0.335 e. The van der Waals surface area contributed by atoms with E-state index >= 15 is 0 Å². The van der Waals surface area contributed by atoms with Crippen molar-refractivity contribution in [2.45, 2.75) is 107 Å². The zero-order valence-corrected chi connectivity index (χ0v) is 23.4. The second kappa shape index (κ2) is 9.58. The number of epoxide rings is 2. The number of aliphatic hydroxyl groups excluding tert-OH is 3. The van der Waals surface area contributed by atoms with E-state index in [2.05, 4.69) is 0 Å². The Morgan fingerprint density at radius 1 is 1.07 bits per heavy atom. The minimum absolute atomic E-state index is 0.172. The summed E-state index contributed by atoms with van der Waals surface area (Å²) in [5, 5.41) is 32.2. The molecule has 0 amide bonds. The quantitative estimate of drug-likeness (QED) is 0.302. The highest BCUT2D eigenvalue weighted by molar-refractivity contribution is 5.82. The van der Waals surface area contributed by atoms with Crippen LogP contribution < -0.4 is 0 Å². The lowest BCUT2D eigenvalue weighted by molar-refractivity contribution is -0.261. The molecule has 0 unspecified atom stereocenters. The van der Waals surface area contributed by atoms with E-state index in [0.29, 0.717) is 19.4 Å². The van der Waals surface area contributed by atoms with Crippen molar-refractivity contribution < 1.29 is 53.3 Å². The molecule has 13 atom stereocenters. The van der Waals surface area contributed by atoms with Crippen molar-refractivity contribution in [2.24, 2.45) is 16.7 Å². The summed E-state index contributed by atoms with van der Waals surface area (Å²) in [6.45, 7) is 7.54. The third-order valence-corrected chi connectivity index (χ3v) is 10.7. The van der Waals surface area contributed by atoms with Crippen LogP contribution in [0.4, 0.5) is 0 Å². The number of allylic oxidation sites excluding steroid dienone is 2. The van der Waals surface area contributed by atoms with Crippen LogP contribution in [0.2, 0.25) is 0 Å². The van der Waals surface area contributed by atoms with Gasteiger partial charge in [0.05, 0.1) is 36.4 Å². The van der Waals surface area contributed by atoms with Gasteiger partial charge in [-0.2, -0.15) is 0 Å². The Morgan fingerprint density at radius 2 is 1.82 bits per heavy atom. The van der Waals surface area contributed by atoms with Gasteiger partial charge in [0, 0.05) is 24.5 Å². The van der Waals surface area contributed by atoms with Crippen molar-refractivity contribution in [3.8, 4) is 0 Å². The molecule has 2 bridgehead atoms. The molecule has 11 nitrogen and oxygen atoms in total. The molecule has 2 spiro atoms. The predicted molar refractivity (Wildman–Crippen MR) is 137 cm³/mol. The Bertz CT molecular complexity index is 1100. The molecule has 2 saturated carbocycles. The highest BCUT2D eigenvalue weighted by Gasteiger charge is 2.87. The second-order valence-corrected chi connectivity index (χ2v) is 12.8. The van der Waals surface area contributed by atoms with Gasteiger partial charge in [-0.15, -0.1) is 0 Å². The zero-order valence-electron chi connectivity index (χ0n) is 23.4. The largest absolute Gasteiger partial charge is 0.463 e. The molecule has 4 aliphatic heterocycles. The van der Waals surface area contributed by atoms with E-state index < -0.39 is 82.6 Å². The molecule has 0 aromatic carbocycles. The number of rotatable bonds is 1. The number of ether oxygens (including phenoxy) is 6. The number of esters is 2. The summed E-state index contributed by atoms with van der Waals surface area (Å²) >= 11 is 0. The van der Waals surface area contributed by atoms with Gasteiger partial charge >= 0.3 is 11.9 Å². The summed E-state index contributed by atoms with van der Waals surface area (Å²) in [7, 11) is 0. The lowest BCUT2D eigenvalue weighted by atomic mass is 9.49. The Morgan fingerprint density at radius 3 is 2.52 bits per heavy atom. The molecule has 0 aromatic rings. The molecule has 6 aliphatic rings. The van der Waals surface area contributed by atoms with E-state index in [1.54, 1.807) is 26.0 Å². The molecule has 2 aliphatic carbocycles. The molecule has 3 N–H and O–H groups in total. The molecule has 5 fully saturated rings. The maximum atomic E-state index is 13.2. The summed E-state index contributed by atoms with van der Waals surface area (Å²) in [4.78, 5) is 26.2. The fourth-order valence-electron chi connectivity index (χ4n) is 7.77. The monoisotopic (exact) mass is 564 g/mol. The van der Waals surface area contributed by atoms with Crippen molar-refractivity contribution in [1.82, 2.24) is 0 Å². The first-order valence-electron chi connectivity index (χ1n) is 14.2. The van der Waals surface area contributed by atoms with Crippen molar-refractivity contribution >= 4 is 11.9 Å². The van der Waals surface area contributed by atoms with E-state index in [-0.39, 0.29) is 25.7 Å². The number of hydrogen-bond donors (Lipinski definition) is 3. The van der Waals surface area contributed by atoms with Crippen LogP contribution in [0.3, 0.4) is 0 Å². The van der Waals surface area contributed by atoms with Gasteiger partial charge in [0.25, 0.3) is 0 Å². The lowest BCUT2D eigenvalue weighted by Gasteiger charge is -2.59. The zero-order chi connectivity index (χ0) is 28.7. The van der Waals surface area contributed by atoms with E-state index in [4.69, 9.17) is 28.4 Å². The van der Waals surface area contributed by atoms with Crippen LogP contribution in [0.1, 0.15) is 47.0 Å². The SMILES string of the molecule is C[C@@H]1CCO[C@H]([C@@H](C)O)/C=C\C=C/C(=O)O[C@@H]2C[C@H]3O[C@H]4[C@H]5O[C@]5(C)[C@@H](O)C[C@@]4(COC(=O)[C@@H]1O)[C@@]2(C)[C@@]31CO1. The lowest BCUT2D eigenvalue weighted by Crippen LogP contribution is -2.71. The van der Waals surface area contributed by atoms with E-state index in [1.807, 2.05) is 13.8 Å². The summed E-state index contributed by atoms with van der Waals surface area (Å²) in [6, 6.07) is 0. The number of carbonyl (C=O) groups excluding carboxylic acids is 2. The number of carbonyl (C=O) groups is 2. The topological polar surface area (TPSA) is 157 Å². The normalized spacial score (nSPS) is 54.6. The van der Waals surface area contributed by atoms with Gasteiger partial charge in [0.2, 0.25) is 0 Å². The molecule has 222 valence electrons. The van der Waals surface area contributed by atoms with Crippen LogP contribution in [0.5, 0.6) is 0 Å². The van der Waals surface area contributed by atoms with Gasteiger partial charge in [-0.05, 0) is 32.6 Å². The molecule has 4 heterocycles. The summed E-state index contributed by atoms with van der Waals surface area (Å²) in [5.41, 5.74) is -3.42. The van der Waals surface area contributed by atoms with Crippen LogP contribution in [-0.2, 0) is 38.0 Å². The number of fused-ring (bicyclic) bond motifs is 2. The standard InChI is InChI=1S/C29H40O11/c1-15-9-10-35-17(16(2)30)7-5-6-8-21(32)38-19-11-20-29(14-37-29)27(19,4)28(13-36-25(34)22(15)33)12-18(31)26(3)23(40-26)24(28)39-20/h5-8,15-20,22-24,30-31,33H,9-14H2,1-4H3/b7-5-,8-6-/t15-,16-,17+,18+,19-,20-,22-,23-,24+,26-,27+,28+,29-/m1/s1. The van der Waals surface area contributed by atoms with Gasteiger partial charge in [-0.1, -0.05) is 32.1 Å². The summed E-state index contributed by atoms with van der Waals surface area (Å²) < 4.78 is 36.4. The third-order valence-electron chi connectivity index (χ3n) is 10.7. The summed E-state index contributed by atoms with van der Waals surface area (Å²) in [5.74, 6) is -1.84. The molecular formula is C29H40O11. The Hall–Kier alpha value is -1.86. The van der Waals surface area contributed by atoms with Gasteiger partial charge in [-0.3, -0.25) is 0 Å². The minimum atomic E-state index is -1.41. The Labute approximate surface area is 233 Å². The molecule has 0 radical (unpaired) electrons. The van der Waals surface area contributed by atoms with Crippen LogP contribution in [0, 0.1) is 16.7 Å². The van der Waals surface area contributed by atoms with E-state index in [0.717, 1.165) is 0 Å². The molecule has 40 heavy (non-hydrogen) atoms. The van der Waals surface area contributed by atoms with Crippen molar-refractivity contribution in [3.63, 3.8) is 0 Å². The van der Waals surface area contributed by atoms with Crippen LogP contribution in [-0.4, -0.2) is 107 Å². The first-order chi connectivity index (χ1) is 18.9. The first-order valence-corrected chi connectivity index (χ1v) is 14.2. The van der Waals surface area contributed by atoms with Gasteiger partial charge < -0.3 is 43.7 Å². The van der Waals surface area contributed by atoms with E-state index in [1.165, 1.54) is 12.2 Å². The van der Waals surface area contributed by atoms with Crippen molar-refractivity contribution in [1.29, 1.82) is 0 Å². The average molecular weight is 565 g/mol. The van der Waals surface area contributed by atoms with Gasteiger partial charge in [0.1, 0.15) is 36.1 Å². The van der Waals surface area contributed by atoms with Crippen LogP contribution in [0.15, 0.2) is 24.3 Å². The molecule has 0 aromatic heterocycles. The highest BCUT2D eigenvalue weighted by Crippen LogP contribution is 2.75. The summed E-state index contributed by atoms with van der Waals surface area (Å²) in [6.07, 6.45) is 1.29. The van der Waals surface area contributed by atoms with Crippen molar-refractivity contribution in [2.75, 3.05) is 19.8 Å². The minimum Gasteiger partial charge on any atom is -0.463 e. The fraction of sp³-hybridized carbons (Fsp3) is 0.793. The average Bonchev–Trinajstić information content (AvgIpc) is 3.82. The van der Waals surface area contributed by atoms with Gasteiger partial charge in [0.15, 0.2) is 6.10 Å².